The smallest absolute Gasteiger partial charge is 0.247 e. The highest BCUT2D eigenvalue weighted by Crippen LogP contribution is 2.40. The summed E-state index contributed by atoms with van der Waals surface area (Å²) in [4.78, 5) is 8.83. The Morgan fingerprint density at radius 2 is 1.69 bits per heavy atom. The number of rotatable bonds is 6. The molecule has 0 aliphatic heterocycles. The Balaban J connectivity index is 1.81. The molecule has 29 heavy (non-hydrogen) atoms. The van der Waals surface area contributed by atoms with Crippen molar-refractivity contribution in [1.29, 1.82) is 0 Å². The lowest BCUT2D eigenvalue weighted by Crippen LogP contribution is -2.01. The zero-order valence-corrected chi connectivity index (χ0v) is 16.0. The molecule has 0 saturated carbocycles. The minimum atomic E-state index is -0.394. The second-order valence-corrected chi connectivity index (χ2v) is 5.99. The monoisotopic (exact) mass is 395 g/mol. The summed E-state index contributed by atoms with van der Waals surface area (Å²) in [5.74, 6) is 1.82. The molecule has 2 heterocycles. The van der Waals surface area contributed by atoms with Gasteiger partial charge in [0.05, 0.1) is 27.0 Å². The van der Waals surface area contributed by atoms with Gasteiger partial charge >= 0.3 is 0 Å². The first kappa shape index (κ1) is 18.5. The lowest BCUT2D eigenvalue weighted by molar-refractivity contribution is 0.324. The highest BCUT2D eigenvalue weighted by molar-refractivity contribution is 5.68. The van der Waals surface area contributed by atoms with E-state index in [2.05, 4.69) is 20.4 Å². The zero-order valence-electron chi connectivity index (χ0n) is 16.0. The summed E-state index contributed by atoms with van der Waals surface area (Å²) in [6.45, 7) is 0. The van der Waals surface area contributed by atoms with Crippen LogP contribution in [0.2, 0.25) is 0 Å². The summed E-state index contributed by atoms with van der Waals surface area (Å²) in [6, 6.07) is 11.6. The van der Waals surface area contributed by atoms with Crippen LogP contribution in [-0.2, 0) is 0 Å². The molecule has 148 valence electrons. The third-order valence-electron chi connectivity index (χ3n) is 4.30. The Bertz CT molecular complexity index is 1150. The summed E-state index contributed by atoms with van der Waals surface area (Å²) in [5, 5.41) is 7.32. The minimum Gasteiger partial charge on any atom is -0.493 e. The second kappa shape index (κ2) is 7.63. The molecule has 0 bridgehead atoms. The molecule has 2 aromatic carbocycles. The Morgan fingerprint density at radius 3 is 2.34 bits per heavy atom. The first-order valence-corrected chi connectivity index (χ1v) is 8.68. The second-order valence-electron chi connectivity index (χ2n) is 5.99. The lowest BCUT2D eigenvalue weighted by Gasteiger charge is -2.14. The summed E-state index contributed by atoms with van der Waals surface area (Å²) < 4.78 is 31.7. The molecular weight excluding hydrogens is 377 g/mol. The number of hydrogen-bond donors (Lipinski definition) is 1. The van der Waals surface area contributed by atoms with E-state index in [1.165, 1.54) is 13.2 Å². The molecule has 0 saturated heterocycles. The third-order valence-corrected chi connectivity index (χ3v) is 4.30. The van der Waals surface area contributed by atoms with Gasteiger partial charge in [-0.3, -0.25) is 0 Å². The summed E-state index contributed by atoms with van der Waals surface area (Å²) >= 11 is 0. The molecular formula is C20H18FN5O3. The first-order valence-electron chi connectivity index (χ1n) is 8.68. The van der Waals surface area contributed by atoms with Gasteiger partial charge in [-0.1, -0.05) is 12.1 Å². The standard InChI is InChI=1S/C20H18FN5O3/c1-27-15-10-12(11-16(28-2)18(15)29-3)19-22-9-8-17-24-20(25-26(17)19)23-14-7-5-4-6-13(14)21/h4-11H,1-3H3,(H,23,25). The summed E-state index contributed by atoms with van der Waals surface area (Å²) in [5.41, 5.74) is 1.51. The maximum Gasteiger partial charge on any atom is 0.247 e. The maximum absolute atomic E-state index is 13.9. The molecule has 4 rings (SSSR count). The van der Waals surface area contributed by atoms with Crippen LogP contribution in [0.5, 0.6) is 17.2 Å². The number of nitrogens with one attached hydrogen (secondary N) is 1. The minimum absolute atomic E-state index is 0.247. The maximum atomic E-state index is 13.9. The number of fused-ring (bicyclic) bond motifs is 1. The van der Waals surface area contributed by atoms with Gasteiger partial charge in [0.2, 0.25) is 11.7 Å². The van der Waals surface area contributed by atoms with Crippen molar-refractivity contribution in [2.75, 3.05) is 26.6 Å². The van der Waals surface area contributed by atoms with Gasteiger partial charge in [-0.15, -0.1) is 5.10 Å². The van der Waals surface area contributed by atoms with Gasteiger partial charge in [-0.25, -0.2) is 9.37 Å². The predicted octanol–water partition coefficient (Wildman–Crippen LogP) is 3.70. The van der Waals surface area contributed by atoms with Crippen LogP contribution < -0.4 is 19.5 Å². The Morgan fingerprint density at radius 1 is 0.966 bits per heavy atom. The fourth-order valence-electron chi connectivity index (χ4n) is 2.96. The Hall–Kier alpha value is -3.88. The van der Waals surface area contributed by atoms with Crippen LogP contribution in [0, 0.1) is 5.82 Å². The molecule has 2 aromatic heterocycles. The lowest BCUT2D eigenvalue weighted by atomic mass is 10.1. The number of para-hydroxylation sites is 1. The van der Waals surface area contributed by atoms with Crippen molar-refractivity contribution in [3.8, 4) is 28.6 Å². The normalized spacial score (nSPS) is 10.8. The fourth-order valence-corrected chi connectivity index (χ4v) is 2.96. The van der Waals surface area contributed by atoms with Gasteiger partial charge in [-0.05, 0) is 24.3 Å². The largest absolute Gasteiger partial charge is 0.493 e. The van der Waals surface area contributed by atoms with Gasteiger partial charge in [0.25, 0.3) is 0 Å². The van der Waals surface area contributed by atoms with Gasteiger partial charge in [-0.2, -0.15) is 9.50 Å². The molecule has 8 nitrogen and oxygen atoms in total. The molecule has 0 aliphatic rings. The van der Waals surface area contributed by atoms with E-state index < -0.39 is 5.82 Å². The Labute approximate surface area is 165 Å². The molecule has 0 aliphatic carbocycles. The van der Waals surface area contributed by atoms with E-state index in [0.717, 1.165) is 0 Å². The highest BCUT2D eigenvalue weighted by Gasteiger charge is 2.18. The van der Waals surface area contributed by atoms with Crippen LogP contribution in [0.1, 0.15) is 0 Å². The van der Waals surface area contributed by atoms with E-state index in [4.69, 9.17) is 14.2 Å². The average Bonchev–Trinajstić information content (AvgIpc) is 3.16. The SMILES string of the molecule is COc1cc(-c2nccc3nc(Nc4ccccc4F)nn23)cc(OC)c1OC. The number of anilines is 2. The number of aromatic nitrogens is 4. The number of benzene rings is 2. The zero-order chi connectivity index (χ0) is 20.4. The average molecular weight is 395 g/mol. The van der Waals surface area contributed by atoms with Crippen molar-refractivity contribution in [3.63, 3.8) is 0 Å². The highest BCUT2D eigenvalue weighted by atomic mass is 19.1. The molecule has 0 radical (unpaired) electrons. The number of ether oxygens (including phenoxy) is 3. The van der Waals surface area contributed by atoms with Crippen LogP contribution in [0.3, 0.4) is 0 Å². The van der Waals surface area contributed by atoms with Crippen LogP contribution in [-0.4, -0.2) is 40.9 Å². The summed E-state index contributed by atoms with van der Waals surface area (Å²) in [7, 11) is 4.62. The summed E-state index contributed by atoms with van der Waals surface area (Å²) in [6.07, 6.45) is 1.62. The molecule has 1 N–H and O–H groups in total. The van der Waals surface area contributed by atoms with Gasteiger partial charge < -0.3 is 19.5 Å². The predicted molar refractivity (Wildman–Crippen MR) is 106 cm³/mol. The number of methoxy groups -OCH3 is 3. The molecule has 0 unspecified atom stereocenters. The topological polar surface area (TPSA) is 82.8 Å². The third kappa shape index (κ3) is 3.38. The van der Waals surface area contributed by atoms with Crippen LogP contribution in [0.15, 0.2) is 48.7 Å². The van der Waals surface area contributed by atoms with Crippen molar-refractivity contribution in [3.05, 3.63) is 54.5 Å². The fraction of sp³-hybridized carbons (Fsp3) is 0.150. The van der Waals surface area contributed by atoms with Crippen LogP contribution >= 0.6 is 0 Å². The Kier molecular flexibility index (Phi) is 4.86. The molecule has 0 fully saturated rings. The van der Waals surface area contributed by atoms with Gasteiger partial charge in [0.15, 0.2) is 23.0 Å². The van der Waals surface area contributed by atoms with Crippen LogP contribution in [0.4, 0.5) is 16.0 Å². The van der Waals surface area contributed by atoms with E-state index in [0.29, 0.717) is 34.3 Å². The van der Waals surface area contributed by atoms with Crippen molar-refractivity contribution in [2.45, 2.75) is 0 Å². The number of nitrogens with zero attached hydrogens (tertiary/aromatic N) is 4. The van der Waals surface area contributed by atoms with Gasteiger partial charge in [0, 0.05) is 17.8 Å². The van der Waals surface area contributed by atoms with Gasteiger partial charge in [0.1, 0.15) is 5.82 Å². The van der Waals surface area contributed by atoms with Crippen molar-refractivity contribution in [1.82, 2.24) is 19.6 Å². The molecule has 4 aromatic rings. The quantitative estimate of drug-likeness (QED) is 0.533. The van der Waals surface area contributed by atoms with E-state index in [1.54, 1.807) is 61.3 Å². The van der Waals surface area contributed by atoms with E-state index in [1.807, 2.05) is 0 Å². The van der Waals surface area contributed by atoms with Crippen molar-refractivity contribution in [2.24, 2.45) is 0 Å². The molecule has 0 spiro atoms. The van der Waals surface area contributed by atoms with E-state index >= 15 is 0 Å². The van der Waals surface area contributed by atoms with Crippen LogP contribution in [0.25, 0.3) is 17.0 Å². The number of halogens is 1. The number of hydrogen-bond acceptors (Lipinski definition) is 7. The van der Waals surface area contributed by atoms with E-state index in [9.17, 15) is 4.39 Å². The van der Waals surface area contributed by atoms with E-state index in [-0.39, 0.29) is 11.6 Å². The van der Waals surface area contributed by atoms with Crippen molar-refractivity contribution < 1.29 is 18.6 Å². The van der Waals surface area contributed by atoms with Crippen molar-refractivity contribution >= 4 is 17.3 Å². The molecule has 0 atom stereocenters. The first-order chi connectivity index (χ1) is 14.1. The molecule has 9 heteroatoms. The molecule has 0 amide bonds.